The Bertz CT molecular complexity index is 750. The average molecular weight is 433 g/mol. The summed E-state index contributed by atoms with van der Waals surface area (Å²) in [5, 5.41) is 5.20. The molecule has 1 aromatic carbocycles. The largest absolute Gasteiger partial charge is 0.445 e. The number of alkyl carbamates (subject to hydrolysis) is 1. The standard InChI is InChI=1S/C23H32N2O6/c1-16(2)20(25-23(29)31-14-17-9-5-3-6-10-17)19(26)13-18-15-30-12-8-4-7-11-24-22(28)21(18)27/h3,5-6,9-10,16,18,20H,4,7-8,11-15H2,1-2H3,(H,24,28)(H,25,29). The van der Waals surface area contributed by atoms with Gasteiger partial charge in [-0.25, -0.2) is 4.79 Å². The number of hydrogen-bond donors (Lipinski definition) is 2. The Kier molecular flexibility index (Phi) is 10.2. The minimum absolute atomic E-state index is 0.00125. The van der Waals surface area contributed by atoms with Crippen molar-refractivity contribution < 1.29 is 28.7 Å². The normalized spacial score (nSPS) is 19.1. The smallest absolute Gasteiger partial charge is 0.408 e. The van der Waals surface area contributed by atoms with Crippen LogP contribution in [0.1, 0.15) is 45.1 Å². The van der Waals surface area contributed by atoms with Crippen molar-refractivity contribution in [2.24, 2.45) is 11.8 Å². The molecule has 170 valence electrons. The SMILES string of the molecule is CC(C)C(NC(=O)OCc1ccccc1)C(=O)CC1COCCCCCNC(=O)C1=O. The van der Waals surface area contributed by atoms with Crippen LogP contribution in [0.2, 0.25) is 0 Å². The number of Topliss-reactive ketones (excluding diaryl/α,β-unsaturated/α-hetero) is 2. The van der Waals surface area contributed by atoms with E-state index in [0.29, 0.717) is 13.2 Å². The van der Waals surface area contributed by atoms with E-state index >= 15 is 0 Å². The van der Waals surface area contributed by atoms with Crippen molar-refractivity contribution in [2.75, 3.05) is 19.8 Å². The minimum Gasteiger partial charge on any atom is -0.445 e. The van der Waals surface area contributed by atoms with E-state index in [0.717, 1.165) is 24.8 Å². The maximum Gasteiger partial charge on any atom is 0.408 e. The molecule has 1 aliphatic heterocycles. The summed E-state index contributed by atoms with van der Waals surface area (Å²) in [5.74, 6) is -2.79. The molecule has 0 aliphatic carbocycles. The molecule has 1 aromatic rings. The molecule has 2 atom stereocenters. The Morgan fingerprint density at radius 1 is 1.16 bits per heavy atom. The van der Waals surface area contributed by atoms with Gasteiger partial charge in [0.2, 0.25) is 5.78 Å². The van der Waals surface area contributed by atoms with Crippen molar-refractivity contribution in [3.63, 3.8) is 0 Å². The molecule has 1 saturated heterocycles. The monoisotopic (exact) mass is 432 g/mol. The highest BCUT2D eigenvalue weighted by atomic mass is 16.5. The lowest BCUT2D eigenvalue weighted by Crippen LogP contribution is -2.46. The van der Waals surface area contributed by atoms with E-state index in [1.807, 2.05) is 30.3 Å². The van der Waals surface area contributed by atoms with E-state index in [-0.39, 0.29) is 31.3 Å². The molecule has 0 bridgehead atoms. The van der Waals surface area contributed by atoms with Crippen LogP contribution < -0.4 is 10.6 Å². The first-order chi connectivity index (χ1) is 14.9. The van der Waals surface area contributed by atoms with E-state index < -0.39 is 29.7 Å². The molecule has 2 amide bonds. The van der Waals surface area contributed by atoms with E-state index in [2.05, 4.69) is 10.6 Å². The lowest BCUT2D eigenvalue weighted by atomic mass is 9.90. The van der Waals surface area contributed by atoms with Gasteiger partial charge in [-0.3, -0.25) is 14.4 Å². The van der Waals surface area contributed by atoms with Crippen molar-refractivity contribution in [1.29, 1.82) is 0 Å². The summed E-state index contributed by atoms with van der Waals surface area (Å²) >= 11 is 0. The topological polar surface area (TPSA) is 111 Å². The van der Waals surface area contributed by atoms with Gasteiger partial charge in [-0.15, -0.1) is 0 Å². The maximum absolute atomic E-state index is 12.9. The number of ketones is 2. The van der Waals surface area contributed by atoms with Crippen LogP contribution in [0.4, 0.5) is 4.79 Å². The van der Waals surface area contributed by atoms with E-state index in [4.69, 9.17) is 9.47 Å². The van der Waals surface area contributed by atoms with Gasteiger partial charge >= 0.3 is 6.09 Å². The summed E-state index contributed by atoms with van der Waals surface area (Å²) in [7, 11) is 0. The van der Waals surface area contributed by atoms with Crippen molar-refractivity contribution in [3.05, 3.63) is 35.9 Å². The van der Waals surface area contributed by atoms with Crippen molar-refractivity contribution in [3.8, 4) is 0 Å². The molecule has 1 fully saturated rings. The quantitative estimate of drug-likeness (QED) is 0.640. The van der Waals surface area contributed by atoms with Crippen LogP contribution >= 0.6 is 0 Å². The first kappa shape index (κ1) is 24.5. The van der Waals surface area contributed by atoms with E-state index in [9.17, 15) is 19.2 Å². The molecule has 1 heterocycles. The molecular formula is C23H32N2O6. The molecule has 8 nitrogen and oxygen atoms in total. The minimum atomic E-state index is -0.881. The Morgan fingerprint density at radius 3 is 2.61 bits per heavy atom. The predicted molar refractivity (Wildman–Crippen MR) is 114 cm³/mol. The number of carbonyl (C=O) groups excluding carboxylic acids is 4. The van der Waals surface area contributed by atoms with Crippen LogP contribution in [0.5, 0.6) is 0 Å². The number of rotatable bonds is 7. The number of ether oxygens (including phenoxy) is 2. The van der Waals surface area contributed by atoms with Gasteiger partial charge in [0, 0.05) is 19.6 Å². The fourth-order valence-electron chi connectivity index (χ4n) is 3.31. The molecule has 31 heavy (non-hydrogen) atoms. The second-order valence-electron chi connectivity index (χ2n) is 8.05. The van der Waals surface area contributed by atoms with E-state index in [1.54, 1.807) is 13.8 Å². The highest BCUT2D eigenvalue weighted by Crippen LogP contribution is 2.14. The van der Waals surface area contributed by atoms with Gasteiger partial charge in [0.15, 0.2) is 5.78 Å². The van der Waals surface area contributed by atoms with Crippen LogP contribution in [0.25, 0.3) is 0 Å². The Balaban J connectivity index is 1.97. The first-order valence-electron chi connectivity index (χ1n) is 10.8. The molecule has 0 radical (unpaired) electrons. The number of hydrogen-bond acceptors (Lipinski definition) is 6. The summed E-state index contributed by atoms with van der Waals surface area (Å²) in [6, 6.07) is 8.37. The van der Waals surface area contributed by atoms with Gasteiger partial charge in [-0.2, -0.15) is 0 Å². The van der Waals surface area contributed by atoms with Gasteiger partial charge in [0.25, 0.3) is 5.91 Å². The van der Waals surface area contributed by atoms with Crippen LogP contribution in [0.15, 0.2) is 30.3 Å². The number of benzene rings is 1. The molecule has 2 unspecified atom stereocenters. The Hall–Kier alpha value is -2.74. The molecule has 0 spiro atoms. The summed E-state index contributed by atoms with van der Waals surface area (Å²) < 4.78 is 10.8. The first-order valence-corrected chi connectivity index (χ1v) is 10.8. The number of carbonyl (C=O) groups is 4. The second kappa shape index (κ2) is 12.8. The molecular weight excluding hydrogens is 400 g/mol. The van der Waals surface area contributed by atoms with Crippen molar-refractivity contribution in [2.45, 2.75) is 52.2 Å². The third-order valence-electron chi connectivity index (χ3n) is 5.11. The Labute approximate surface area is 183 Å². The summed E-state index contributed by atoms with van der Waals surface area (Å²) in [6.45, 7) is 4.58. The molecule has 2 rings (SSSR count). The maximum atomic E-state index is 12.9. The number of nitrogens with one attached hydrogen (secondary N) is 2. The highest BCUT2D eigenvalue weighted by Gasteiger charge is 2.32. The van der Waals surface area contributed by atoms with Gasteiger partial charge in [0.1, 0.15) is 6.61 Å². The molecule has 2 N–H and O–H groups in total. The fourth-order valence-corrected chi connectivity index (χ4v) is 3.31. The van der Waals surface area contributed by atoms with Crippen LogP contribution in [-0.2, 0) is 30.5 Å². The summed E-state index contributed by atoms with van der Waals surface area (Å²) in [6.07, 6.45) is 1.60. The van der Waals surface area contributed by atoms with Crippen molar-refractivity contribution in [1.82, 2.24) is 10.6 Å². The zero-order valence-electron chi connectivity index (χ0n) is 18.2. The van der Waals surface area contributed by atoms with Crippen LogP contribution in [-0.4, -0.2) is 49.4 Å². The van der Waals surface area contributed by atoms with Gasteiger partial charge in [-0.05, 0) is 30.7 Å². The van der Waals surface area contributed by atoms with Crippen molar-refractivity contribution >= 4 is 23.6 Å². The number of amides is 2. The lowest BCUT2D eigenvalue weighted by molar-refractivity contribution is -0.142. The zero-order valence-corrected chi connectivity index (χ0v) is 18.2. The fraction of sp³-hybridized carbons (Fsp3) is 0.565. The van der Waals surface area contributed by atoms with Crippen LogP contribution in [0, 0.1) is 11.8 Å². The second-order valence-corrected chi connectivity index (χ2v) is 8.05. The van der Waals surface area contributed by atoms with Crippen LogP contribution in [0.3, 0.4) is 0 Å². The average Bonchev–Trinajstić information content (AvgIpc) is 2.79. The highest BCUT2D eigenvalue weighted by molar-refractivity contribution is 6.37. The molecule has 1 aliphatic rings. The summed E-state index contributed by atoms with van der Waals surface area (Å²) in [5.41, 5.74) is 0.830. The predicted octanol–water partition coefficient (Wildman–Crippen LogP) is 2.40. The third kappa shape index (κ3) is 8.49. The molecule has 8 heteroatoms. The zero-order chi connectivity index (χ0) is 22.6. The third-order valence-corrected chi connectivity index (χ3v) is 5.11. The Morgan fingerprint density at radius 2 is 1.90 bits per heavy atom. The summed E-state index contributed by atoms with van der Waals surface area (Å²) in [4.78, 5) is 49.8. The van der Waals surface area contributed by atoms with E-state index in [1.165, 1.54) is 0 Å². The van der Waals surface area contributed by atoms with Gasteiger partial charge in [-0.1, -0.05) is 44.2 Å². The molecule has 0 saturated carbocycles. The van der Waals surface area contributed by atoms with Gasteiger partial charge < -0.3 is 20.1 Å². The molecule has 0 aromatic heterocycles. The van der Waals surface area contributed by atoms with Gasteiger partial charge in [0.05, 0.1) is 18.6 Å². The lowest BCUT2D eigenvalue weighted by Gasteiger charge is -2.23.